The van der Waals surface area contributed by atoms with Gasteiger partial charge in [-0.3, -0.25) is 4.79 Å². The van der Waals surface area contributed by atoms with Gasteiger partial charge in [0.05, 0.1) is 13.7 Å². The topological polar surface area (TPSA) is 52.6 Å². The first-order valence-electron chi connectivity index (χ1n) is 6.54. The van der Waals surface area contributed by atoms with E-state index in [0.29, 0.717) is 19.4 Å². The number of hydrogen-bond donors (Lipinski definition) is 0. The lowest BCUT2D eigenvalue weighted by Crippen LogP contribution is -2.11. The molecule has 1 atom stereocenters. The van der Waals surface area contributed by atoms with E-state index in [4.69, 9.17) is 9.47 Å². The van der Waals surface area contributed by atoms with Crippen molar-refractivity contribution >= 4 is 28.2 Å². The van der Waals surface area contributed by atoms with Crippen molar-refractivity contribution in [1.82, 2.24) is 0 Å². The van der Waals surface area contributed by atoms with Crippen LogP contribution in [0.5, 0.6) is 5.75 Å². The van der Waals surface area contributed by atoms with Gasteiger partial charge in [-0.1, -0.05) is 22.0 Å². The van der Waals surface area contributed by atoms with Gasteiger partial charge in [0.2, 0.25) is 0 Å². The number of aldehydes is 1. The lowest BCUT2D eigenvalue weighted by atomic mass is 9.96. The molecule has 0 bridgehead atoms. The molecule has 0 amide bonds. The van der Waals surface area contributed by atoms with Gasteiger partial charge in [-0.05, 0) is 37.5 Å². The van der Waals surface area contributed by atoms with Gasteiger partial charge in [-0.15, -0.1) is 0 Å². The molecule has 0 spiro atoms. The Labute approximate surface area is 127 Å². The molecule has 1 aromatic rings. The zero-order valence-electron chi connectivity index (χ0n) is 11.7. The Balaban J connectivity index is 2.59. The summed E-state index contributed by atoms with van der Waals surface area (Å²) >= 11 is 3.46. The zero-order chi connectivity index (χ0) is 15.0. The van der Waals surface area contributed by atoms with Crippen molar-refractivity contribution in [2.45, 2.75) is 26.2 Å². The number of carbonyl (C=O) groups excluding carboxylic acids is 2. The SMILES string of the molecule is CCOC(=O)CCC(C=O)Cc1ccc(OC)cc1Br. The highest BCUT2D eigenvalue weighted by Crippen LogP contribution is 2.25. The largest absolute Gasteiger partial charge is 0.497 e. The third-order valence-corrected chi connectivity index (χ3v) is 3.70. The number of carbonyl (C=O) groups is 2. The maximum absolute atomic E-state index is 11.3. The fraction of sp³-hybridized carbons (Fsp3) is 0.467. The summed E-state index contributed by atoms with van der Waals surface area (Å²) < 4.78 is 10.9. The Morgan fingerprint density at radius 1 is 1.45 bits per heavy atom. The van der Waals surface area contributed by atoms with E-state index >= 15 is 0 Å². The second-order valence-electron chi connectivity index (χ2n) is 4.40. The van der Waals surface area contributed by atoms with Crippen LogP contribution < -0.4 is 4.74 Å². The monoisotopic (exact) mass is 342 g/mol. The van der Waals surface area contributed by atoms with Gasteiger partial charge in [0.15, 0.2) is 0 Å². The number of rotatable bonds is 8. The van der Waals surface area contributed by atoms with Crippen LogP contribution in [0, 0.1) is 5.92 Å². The van der Waals surface area contributed by atoms with Crippen LogP contribution in [0.3, 0.4) is 0 Å². The summed E-state index contributed by atoms with van der Waals surface area (Å²) in [7, 11) is 1.61. The molecule has 5 heteroatoms. The molecule has 4 nitrogen and oxygen atoms in total. The summed E-state index contributed by atoms with van der Waals surface area (Å²) in [6.07, 6.45) is 2.26. The molecule has 0 heterocycles. The summed E-state index contributed by atoms with van der Waals surface area (Å²) in [5, 5.41) is 0. The average Bonchev–Trinajstić information content (AvgIpc) is 2.45. The lowest BCUT2D eigenvalue weighted by molar-refractivity contribution is -0.143. The first-order chi connectivity index (χ1) is 9.60. The van der Waals surface area contributed by atoms with Gasteiger partial charge < -0.3 is 14.3 Å². The molecule has 1 rings (SSSR count). The Bertz CT molecular complexity index is 459. The van der Waals surface area contributed by atoms with Gasteiger partial charge in [0.25, 0.3) is 0 Å². The van der Waals surface area contributed by atoms with Crippen LogP contribution in [0.25, 0.3) is 0 Å². The maximum Gasteiger partial charge on any atom is 0.305 e. The van der Waals surface area contributed by atoms with E-state index in [-0.39, 0.29) is 18.3 Å². The minimum Gasteiger partial charge on any atom is -0.497 e. The first-order valence-corrected chi connectivity index (χ1v) is 7.33. The van der Waals surface area contributed by atoms with Gasteiger partial charge in [-0.2, -0.15) is 0 Å². The minimum absolute atomic E-state index is 0.191. The molecule has 0 aromatic heterocycles. The molecule has 0 aliphatic heterocycles. The number of methoxy groups -OCH3 is 1. The molecule has 110 valence electrons. The normalized spacial score (nSPS) is 11.8. The second kappa shape index (κ2) is 8.74. The molecule has 0 saturated heterocycles. The smallest absolute Gasteiger partial charge is 0.305 e. The molecule has 0 saturated carbocycles. The molecule has 0 aliphatic carbocycles. The van der Waals surface area contributed by atoms with E-state index in [1.165, 1.54) is 0 Å². The Kier molecular flexibility index (Phi) is 7.30. The molecule has 0 N–H and O–H groups in total. The lowest BCUT2D eigenvalue weighted by Gasteiger charge is -2.12. The van der Waals surface area contributed by atoms with Crippen LogP contribution in [0.2, 0.25) is 0 Å². The van der Waals surface area contributed by atoms with Crippen LogP contribution in [0.15, 0.2) is 22.7 Å². The molecule has 1 aromatic carbocycles. The quantitative estimate of drug-likeness (QED) is 0.537. The fourth-order valence-electron chi connectivity index (χ4n) is 1.86. The Morgan fingerprint density at radius 2 is 2.20 bits per heavy atom. The maximum atomic E-state index is 11.3. The van der Waals surface area contributed by atoms with Gasteiger partial charge in [0, 0.05) is 16.8 Å². The Hall–Kier alpha value is -1.36. The summed E-state index contributed by atoms with van der Waals surface area (Å²) in [5.41, 5.74) is 1.02. The summed E-state index contributed by atoms with van der Waals surface area (Å²) in [6, 6.07) is 5.64. The van der Waals surface area contributed by atoms with Crippen molar-refractivity contribution < 1.29 is 19.1 Å². The van der Waals surface area contributed by atoms with Crippen LogP contribution in [0.1, 0.15) is 25.3 Å². The van der Waals surface area contributed by atoms with E-state index in [0.717, 1.165) is 22.1 Å². The summed E-state index contributed by atoms with van der Waals surface area (Å²) in [6.45, 7) is 2.14. The standard InChI is InChI=1S/C15H19BrO4/c1-3-20-15(18)7-4-11(10-17)8-12-5-6-13(19-2)9-14(12)16/h5-6,9-11H,3-4,7-8H2,1-2H3. The van der Waals surface area contributed by atoms with Crippen LogP contribution in [-0.4, -0.2) is 26.0 Å². The van der Waals surface area contributed by atoms with Gasteiger partial charge in [0.1, 0.15) is 12.0 Å². The van der Waals surface area contributed by atoms with E-state index < -0.39 is 0 Å². The van der Waals surface area contributed by atoms with E-state index in [9.17, 15) is 9.59 Å². The molecule has 0 radical (unpaired) electrons. The Morgan fingerprint density at radius 3 is 2.75 bits per heavy atom. The molecule has 1 unspecified atom stereocenters. The second-order valence-corrected chi connectivity index (χ2v) is 5.26. The number of esters is 1. The molecule has 0 aliphatic rings. The van der Waals surface area contributed by atoms with Crippen molar-refractivity contribution in [2.75, 3.05) is 13.7 Å². The average molecular weight is 343 g/mol. The van der Waals surface area contributed by atoms with E-state index in [1.807, 2.05) is 18.2 Å². The van der Waals surface area contributed by atoms with Gasteiger partial charge in [-0.25, -0.2) is 0 Å². The summed E-state index contributed by atoms with van der Waals surface area (Å²) in [5.74, 6) is 0.312. The van der Waals surface area contributed by atoms with Crippen molar-refractivity contribution in [1.29, 1.82) is 0 Å². The predicted molar refractivity (Wildman–Crippen MR) is 79.8 cm³/mol. The molecular formula is C15H19BrO4. The molecule has 0 fully saturated rings. The van der Waals surface area contributed by atoms with Crippen molar-refractivity contribution in [3.8, 4) is 5.75 Å². The highest BCUT2D eigenvalue weighted by atomic mass is 79.9. The highest BCUT2D eigenvalue weighted by Gasteiger charge is 2.14. The third-order valence-electron chi connectivity index (χ3n) is 2.96. The van der Waals surface area contributed by atoms with Crippen molar-refractivity contribution in [3.63, 3.8) is 0 Å². The summed E-state index contributed by atoms with van der Waals surface area (Å²) in [4.78, 5) is 22.4. The van der Waals surface area contributed by atoms with Crippen LogP contribution in [0.4, 0.5) is 0 Å². The number of ether oxygens (including phenoxy) is 2. The van der Waals surface area contributed by atoms with E-state index in [1.54, 1.807) is 14.0 Å². The van der Waals surface area contributed by atoms with E-state index in [2.05, 4.69) is 15.9 Å². The number of benzene rings is 1. The van der Waals surface area contributed by atoms with Crippen LogP contribution >= 0.6 is 15.9 Å². The highest BCUT2D eigenvalue weighted by molar-refractivity contribution is 9.10. The first kappa shape index (κ1) is 16.7. The van der Waals surface area contributed by atoms with Crippen LogP contribution in [-0.2, 0) is 20.7 Å². The third kappa shape index (κ3) is 5.33. The van der Waals surface area contributed by atoms with Gasteiger partial charge >= 0.3 is 5.97 Å². The minimum atomic E-state index is -0.256. The number of hydrogen-bond acceptors (Lipinski definition) is 4. The zero-order valence-corrected chi connectivity index (χ0v) is 13.3. The van der Waals surface area contributed by atoms with Crippen molar-refractivity contribution in [3.05, 3.63) is 28.2 Å². The molecular weight excluding hydrogens is 324 g/mol. The fourth-order valence-corrected chi connectivity index (χ4v) is 2.38. The molecule has 20 heavy (non-hydrogen) atoms. The predicted octanol–water partition coefficient (Wildman–Crippen LogP) is 3.16. The van der Waals surface area contributed by atoms with Crippen molar-refractivity contribution in [2.24, 2.45) is 5.92 Å². The number of halogens is 1.